The van der Waals surface area contributed by atoms with E-state index in [2.05, 4.69) is 31.9 Å². The summed E-state index contributed by atoms with van der Waals surface area (Å²) < 4.78 is 19.8. The maximum atomic E-state index is 14.6. The highest BCUT2D eigenvalue weighted by molar-refractivity contribution is 9.13. The first-order valence-electron chi connectivity index (χ1n) is 14.8. The number of benzene rings is 3. The van der Waals surface area contributed by atoms with Gasteiger partial charge in [0.25, 0.3) is 11.8 Å². The third-order valence-corrected chi connectivity index (χ3v) is 14.0. The number of alkyl halides is 2. The molecule has 6 unspecified atom stereocenters. The first-order valence-corrected chi connectivity index (χ1v) is 17.5. The Balaban J connectivity index is 1.44. The summed E-state index contributed by atoms with van der Waals surface area (Å²) in [5.74, 6) is -7.06. The summed E-state index contributed by atoms with van der Waals surface area (Å²) in [6.45, 7) is 1.81. The number of phenolic OH excluding ortho intramolecular Hbond substituents is 1. The Morgan fingerprint density at radius 3 is 2.23 bits per heavy atom. The van der Waals surface area contributed by atoms with Crippen LogP contribution in [0.3, 0.4) is 0 Å². The van der Waals surface area contributed by atoms with Crippen LogP contribution >= 0.6 is 66.7 Å². The van der Waals surface area contributed by atoms with E-state index < -0.39 is 62.9 Å². The number of ether oxygens (including phenoxy) is 1. The number of hydrogen-bond donors (Lipinski definition) is 1. The highest BCUT2D eigenvalue weighted by Gasteiger charge is 2.77. The largest absolute Gasteiger partial charge is 0.503 e. The summed E-state index contributed by atoms with van der Waals surface area (Å²) in [7, 11) is 1.35. The highest BCUT2D eigenvalue weighted by Crippen LogP contribution is 2.67. The van der Waals surface area contributed by atoms with Gasteiger partial charge in [-0.2, -0.15) is 0 Å². The zero-order valence-corrected chi connectivity index (χ0v) is 30.5. The topological polar surface area (TPSA) is 104 Å². The Labute approximate surface area is 306 Å². The van der Waals surface area contributed by atoms with Crippen molar-refractivity contribution in [3.8, 4) is 11.5 Å². The molecule has 3 aromatic carbocycles. The molecule has 4 aliphatic rings. The zero-order chi connectivity index (χ0) is 34.6. The third kappa shape index (κ3) is 4.43. The van der Waals surface area contributed by atoms with Crippen LogP contribution in [0.25, 0.3) is 0 Å². The van der Waals surface area contributed by atoms with E-state index in [4.69, 9.17) is 39.5 Å². The van der Waals surface area contributed by atoms with E-state index >= 15 is 0 Å². The van der Waals surface area contributed by atoms with Crippen molar-refractivity contribution in [3.63, 3.8) is 0 Å². The number of aryl methyl sites for hydroxylation is 1. The van der Waals surface area contributed by atoms with Crippen LogP contribution in [-0.2, 0) is 19.2 Å². The van der Waals surface area contributed by atoms with Gasteiger partial charge >= 0.3 is 0 Å². The molecule has 1 N–H and O–H groups in total. The lowest BCUT2D eigenvalue weighted by Crippen LogP contribution is -2.60. The minimum Gasteiger partial charge on any atom is -0.503 e. The van der Waals surface area contributed by atoms with Crippen LogP contribution in [0.4, 0.5) is 15.8 Å². The minimum absolute atomic E-state index is 0.0404. The highest BCUT2D eigenvalue weighted by atomic mass is 79.9. The van der Waals surface area contributed by atoms with Crippen LogP contribution < -0.4 is 14.5 Å². The predicted octanol–water partition coefficient (Wildman–Crippen LogP) is 7.79. The van der Waals surface area contributed by atoms with Gasteiger partial charge < -0.3 is 9.84 Å². The van der Waals surface area contributed by atoms with Crippen molar-refractivity contribution in [2.45, 2.75) is 35.4 Å². The van der Waals surface area contributed by atoms with Gasteiger partial charge in [-0.15, -0.1) is 23.2 Å². The quantitative estimate of drug-likeness (QED) is 0.164. The number of hydrogen-bond acceptors (Lipinski definition) is 6. The molecule has 3 aromatic rings. The lowest BCUT2D eigenvalue weighted by molar-refractivity contribution is -0.125. The molecule has 8 nitrogen and oxygen atoms in total. The van der Waals surface area contributed by atoms with Crippen molar-refractivity contribution in [2.75, 3.05) is 16.9 Å². The van der Waals surface area contributed by atoms with E-state index in [1.165, 1.54) is 25.3 Å². The summed E-state index contributed by atoms with van der Waals surface area (Å²) in [5.41, 5.74) is 2.03. The molecule has 0 radical (unpaired) electrons. The number of phenols is 1. The number of fused-ring (bicyclic) bond motifs is 4. The summed E-state index contributed by atoms with van der Waals surface area (Å²) in [6, 6.07) is 11.2. The lowest BCUT2D eigenvalue weighted by Gasteiger charge is -2.51. The van der Waals surface area contributed by atoms with Crippen LogP contribution in [0.2, 0.25) is 5.02 Å². The summed E-state index contributed by atoms with van der Waals surface area (Å²) in [6.07, 6.45) is 1.69. The molecule has 0 bridgehead atoms. The maximum absolute atomic E-state index is 14.6. The Bertz CT molecular complexity index is 2010. The molecule has 48 heavy (non-hydrogen) atoms. The molecule has 2 aliphatic carbocycles. The molecule has 248 valence electrons. The fourth-order valence-corrected chi connectivity index (χ4v) is 9.75. The zero-order valence-electron chi connectivity index (χ0n) is 25.1. The van der Waals surface area contributed by atoms with Crippen molar-refractivity contribution in [2.24, 2.45) is 17.8 Å². The van der Waals surface area contributed by atoms with Crippen molar-refractivity contribution in [3.05, 3.63) is 91.1 Å². The number of amides is 4. The smallest absolute Gasteiger partial charge is 0.258 e. The standard InChI is InChI=1S/C34H24Br2Cl3FN2O6/c1-14-3-6-17(11-22(14)37)41-29(44)19-10-9-18-21(24(19)30(41)45)13-33(38)31(46)42(16-7-4-15(40)5-8-16)32(47)34(33,39)25(18)20-12-23(48-2)28(43)27(36)26(20)35/h3-9,11-12,19,21,24-25,43H,10,13H2,1-2H3. The van der Waals surface area contributed by atoms with Crippen LogP contribution in [-0.4, -0.2) is 45.6 Å². The van der Waals surface area contributed by atoms with Crippen molar-refractivity contribution < 1.29 is 33.4 Å². The first-order chi connectivity index (χ1) is 22.7. The molecule has 0 aromatic heterocycles. The van der Waals surface area contributed by atoms with E-state index in [0.29, 0.717) is 26.3 Å². The number of allylic oxidation sites excluding steroid dienone is 2. The molecule has 6 atom stereocenters. The summed E-state index contributed by atoms with van der Waals surface area (Å²) in [4.78, 5) is 55.0. The fraction of sp³-hybridized carbons (Fsp3) is 0.294. The van der Waals surface area contributed by atoms with Gasteiger partial charge in [-0.05, 0) is 111 Å². The van der Waals surface area contributed by atoms with Gasteiger partial charge in [-0.25, -0.2) is 14.2 Å². The SMILES string of the molecule is COc1cc(C2C3=CCC4C(=O)N(c5ccc(C)c(Cl)c5)C(=O)C4C3CC3(Cl)C(=O)N(c4ccc(F)cc4)C(=O)C23Cl)c(Br)c(Br)c1O. The number of imide groups is 2. The number of halogens is 6. The van der Waals surface area contributed by atoms with E-state index in [0.717, 1.165) is 27.5 Å². The fourth-order valence-electron chi connectivity index (χ4n) is 7.70. The number of carbonyl (C=O) groups excluding carboxylic acids is 4. The third-order valence-electron chi connectivity index (χ3n) is 10.0. The molecular weight excluding hydrogens is 818 g/mol. The van der Waals surface area contributed by atoms with Gasteiger partial charge in [0.2, 0.25) is 11.8 Å². The maximum Gasteiger partial charge on any atom is 0.258 e. The molecule has 2 aliphatic heterocycles. The van der Waals surface area contributed by atoms with Crippen LogP contribution in [0.15, 0.2) is 69.1 Å². The Hall–Kier alpha value is -2.96. The van der Waals surface area contributed by atoms with E-state index in [1.807, 2.05) is 0 Å². The van der Waals surface area contributed by atoms with Gasteiger partial charge in [0.1, 0.15) is 5.82 Å². The molecule has 2 saturated heterocycles. The van der Waals surface area contributed by atoms with Gasteiger partial charge in [0.15, 0.2) is 21.2 Å². The second-order valence-corrected chi connectivity index (χ2v) is 15.6. The second kappa shape index (κ2) is 11.6. The van der Waals surface area contributed by atoms with Crippen LogP contribution in [0, 0.1) is 30.5 Å². The molecule has 7 rings (SSSR count). The first kappa shape index (κ1) is 33.5. The molecule has 1 saturated carbocycles. The number of rotatable bonds is 4. The lowest BCUT2D eigenvalue weighted by atomic mass is 9.56. The number of aromatic hydroxyl groups is 1. The number of anilines is 2. The van der Waals surface area contributed by atoms with E-state index in [-0.39, 0.29) is 34.5 Å². The summed E-state index contributed by atoms with van der Waals surface area (Å²) >= 11 is 28.2. The monoisotopic (exact) mass is 838 g/mol. The number of methoxy groups -OCH3 is 1. The van der Waals surface area contributed by atoms with Crippen LogP contribution in [0.1, 0.15) is 29.9 Å². The molecule has 4 amide bonds. The molecule has 14 heteroatoms. The second-order valence-electron chi connectivity index (χ2n) is 12.3. The van der Waals surface area contributed by atoms with Crippen molar-refractivity contribution >= 4 is 102 Å². The number of carbonyl (C=O) groups is 4. The number of nitrogens with zero attached hydrogens (tertiary/aromatic N) is 2. The predicted molar refractivity (Wildman–Crippen MR) is 185 cm³/mol. The molecule has 3 fully saturated rings. The van der Waals surface area contributed by atoms with E-state index in [1.54, 1.807) is 31.2 Å². The van der Waals surface area contributed by atoms with Crippen LogP contribution in [0.5, 0.6) is 11.5 Å². The average Bonchev–Trinajstić information content (AvgIpc) is 3.40. The molecule has 0 spiro atoms. The minimum atomic E-state index is -2.17. The Morgan fingerprint density at radius 1 is 0.917 bits per heavy atom. The normalized spacial score (nSPS) is 29.5. The van der Waals surface area contributed by atoms with Gasteiger partial charge in [-0.1, -0.05) is 29.3 Å². The average molecular weight is 842 g/mol. The van der Waals surface area contributed by atoms with Crippen molar-refractivity contribution in [1.29, 1.82) is 0 Å². The van der Waals surface area contributed by atoms with E-state index in [9.17, 15) is 28.7 Å². The van der Waals surface area contributed by atoms with Gasteiger partial charge in [0, 0.05) is 15.4 Å². The molecular formula is C34H24Br2Cl3FN2O6. The molecule has 2 heterocycles. The summed E-state index contributed by atoms with van der Waals surface area (Å²) in [5, 5.41) is 11.2. The Morgan fingerprint density at radius 2 is 1.58 bits per heavy atom. The Kier molecular flexibility index (Phi) is 8.07. The van der Waals surface area contributed by atoms with Gasteiger partial charge in [0.05, 0.1) is 34.8 Å². The van der Waals surface area contributed by atoms with Crippen molar-refractivity contribution in [1.82, 2.24) is 0 Å². The van der Waals surface area contributed by atoms with Gasteiger partial charge in [-0.3, -0.25) is 19.2 Å².